The zero-order valence-electron chi connectivity index (χ0n) is 15.7. The van der Waals surface area contributed by atoms with Crippen molar-refractivity contribution >= 4 is 11.8 Å². The topological polar surface area (TPSA) is 80.2 Å². The Labute approximate surface area is 158 Å². The van der Waals surface area contributed by atoms with Crippen LogP contribution in [0.15, 0.2) is 47.4 Å². The molecule has 1 saturated carbocycles. The van der Waals surface area contributed by atoms with Crippen LogP contribution in [0.2, 0.25) is 0 Å². The number of amides is 2. The number of carbonyl (C=O) groups is 2. The van der Waals surface area contributed by atoms with Crippen molar-refractivity contribution in [2.75, 3.05) is 13.6 Å². The molecule has 0 radical (unpaired) electrons. The molecular weight excluding hydrogens is 342 g/mol. The van der Waals surface area contributed by atoms with Gasteiger partial charge in [0, 0.05) is 19.8 Å². The Morgan fingerprint density at radius 2 is 1.89 bits per heavy atom. The molecule has 27 heavy (non-hydrogen) atoms. The van der Waals surface area contributed by atoms with Gasteiger partial charge in [-0.3, -0.25) is 14.4 Å². The molecule has 0 unspecified atom stereocenters. The minimum Gasteiger partial charge on any atom is -0.355 e. The van der Waals surface area contributed by atoms with E-state index in [1.807, 2.05) is 37.3 Å². The van der Waals surface area contributed by atoms with Crippen LogP contribution in [-0.4, -0.2) is 30.0 Å². The van der Waals surface area contributed by atoms with Crippen LogP contribution in [0.3, 0.4) is 0 Å². The molecule has 1 atom stereocenters. The Balaban J connectivity index is 1.94. The molecule has 2 N–H and O–H groups in total. The first-order chi connectivity index (χ1) is 13.0. The number of hydrogen-bond acceptors (Lipinski definition) is 3. The quantitative estimate of drug-likeness (QED) is 0.788. The normalized spacial score (nSPS) is 14.4. The third-order valence-electron chi connectivity index (χ3n) is 5.01. The highest BCUT2D eigenvalue weighted by Gasteiger charge is 2.22. The molecule has 0 bridgehead atoms. The van der Waals surface area contributed by atoms with Crippen LogP contribution in [0, 0.1) is 5.92 Å². The van der Waals surface area contributed by atoms with Gasteiger partial charge in [0.25, 0.3) is 17.4 Å². The maximum absolute atomic E-state index is 12.8. The predicted octanol–water partition coefficient (Wildman–Crippen LogP) is 2.35. The lowest BCUT2D eigenvalue weighted by Gasteiger charge is -2.18. The van der Waals surface area contributed by atoms with Gasteiger partial charge >= 0.3 is 0 Å². The molecular formula is C21H25N3O3. The summed E-state index contributed by atoms with van der Waals surface area (Å²) in [5.41, 5.74) is 0.788. The van der Waals surface area contributed by atoms with Gasteiger partial charge in [-0.1, -0.05) is 43.2 Å². The molecule has 0 spiro atoms. The number of aromatic nitrogens is 1. The van der Waals surface area contributed by atoms with Crippen molar-refractivity contribution in [1.29, 1.82) is 0 Å². The van der Waals surface area contributed by atoms with Gasteiger partial charge in [0.05, 0.1) is 11.6 Å². The molecule has 1 aromatic heterocycles. The SMILES string of the molecule is CNC(=O)c1cc(C(=O)NCCC2CC2)cn([C@H](C)c2ccccc2)c1=O. The first-order valence-corrected chi connectivity index (χ1v) is 9.32. The summed E-state index contributed by atoms with van der Waals surface area (Å²) in [5.74, 6) is -0.0461. The van der Waals surface area contributed by atoms with Crippen LogP contribution < -0.4 is 16.2 Å². The van der Waals surface area contributed by atoms with E-state index >= 15 is 0 Å². The largest absolute Gasteiger partial charge is 0.355 e. The molecule has 1 heterocycles. The summed E-state index contributed by atoms with van der Waals surface area (Å²) in [4.78, 5) is 37.6. The molecule has 142 valence electrons. The fourth-order valence-electron chi connectivity index (χ4n) is 3.10. The Bertz CT molecular complexity index is 885. The van der Waals surface area contributed by atoms with E-state index in [9.17, 15) is 14.4 Å². The summed E-state index contributed by atoms with van der Waals surface area (Å²) in [6, 6.07) is 10.6. The Kier molecular flexibility index (Phi) is 5.74. The maximum atomic E-state index is 12.8. The van der Waals surface area contributed by atoms with Crippen LogP contribution in [0.1, 0.15) is 58.5 Å². The van der Waals surface area contributed by atoms with Gasteiger partial charge in [-0.05, 0) is 30.9 Å². The summed E-state index contributed by atoms with van der Waals surface area (Å²) in [6.07, 6.45) is 4.97. The fraction of sp³-hybridized carbons (Fsp3) is 0.381. The van der Waals surface area contributed by atoms with Crippen molar-refractivity contribution in [3.05, 3.63) is 69.6 Å². The average molecular weight is 367 g/mol. The molecule has 0 aliphatic heterocycles. The number of pyridine rings is 1. The van der Waals surface area contributed by atoms with E-state index in [4.69, 9.17) is 0 Å². The highest BCUT2D eigenvalue weighted by Crippen LogP contribution is 2.31. The van der Waals surface area contributed by atoms with E-state index in [-0.39, 0.29) is 17.5 Å². The fourth-order valence-corrected chi connectivity index (χ4v) is 3.10. The maximum Gasteiger partial charge on any atom is 0.264 e. The van der Waals surface area contributed by atoms with Gasteiger partial charge in [0.1, 0.15) is 5.56 Å². The molecule has 1 aliphatic carbocycles. The van der Waals surface area contributed by atoms with Crippen LogP contribution in [0.5, 0.6) is 0 Å². The average Bonchev–Trinajstić information content (AvgIpc) is 3.52. The van der Waals surface area contributed by atoms with E-state index in [0.29, 0.717) is 12.1 Å². The van der Waals surface area contributed by atoms with E-state index < -0.39 is 11.5 Å². The van der Waals surface area contributed by atoms with Crippen molar-refractivity contribution < 1.29 is 9.59 Å². The van der Waals surface area contributed by atoms with E-state index in [1.54, 1.807) is 6.20 Å². The minimum atomic E-state index is -0.498. The highest BCUT2D eigenvalue weighted by molar-refractivity contribution is 5.99. The molecule has 6 heteroatoms. The summed E-state index contributed by atoms with van der Waals surface area (Å²) >= 11 is 0. The van der Waals surface area contributed by atoms with Gasteiger partial charge in [-0.25, -0.2) is 0 Å². The lowest BCUT2D eigenvalue weighted by Crippen LogP contribution is -2.35. The number of hydrogen-bond donors (Lipinski definition) is 2. The summed E-state index contributed by atoms with van der Waals surface area (Å²) in [5, 5.41) is 5.37. The van der Waals surface area contributed by atoms with Crippen LogP contribution >= 0.6 is 0 Å². The van der Waals surface area contributed by atoms with Gasteiger partial charge in [-0.2, -0.15) is 0 Å². The summed E-state index contributed by atoms with van der Waals surface area (Å²) < 4.78 is 1.45. The second-order valence-corrected chi connectivity index (χ2v) is 7.01. The second kappa shape index (κ2) is 8.20. The predicted molar refractivity (Wildman–Crippen MR) is 104 cm³/mol. The summed E-state index contributed by atoms with van der Waals surface area (Å²) in [7, 11) is 1.47. The standard InChI is InChI=1S/C21H25N3O3/c1-14(16-6-4-3-5-7-16)24-13-17(12-18(21(24)27)20(26)22-2)19(25)23-11-10-15-8-9-15/h3-7,12-15H,8-11H2,1-2H3,(H,22,26)(H,23,25)/t14-/m1/s1. The third kappa shape index (κ3) is 4.45. The zero-order valence-corrected chi connectivity index (χ0v) is 15.7. The third-order valence-corrected chi connectivity index (χ3v) is 5.01. The number of carbonyl (C=O) groups excluding carboxylic acids is 2. The Morgan fingerprint density at radius 1 is 1.19 bits per heavy atom. The minimum absolute atomic E-state index is 0.0323. The van der Waals surface area contributed by atoms with Gasteiger partial charge in [-0.15, -0.1) is 0 Å². The zero-order chi connectivity index (χ0) is 19.4. The molecule has 1 aromatic carbocycles. The van der Waals surface area contributed by atoms with Crippen LogP contribution in [0.4, 0.5) is 0 Å². The Morgan fingerprint density at radius 3 is 2.52 bits per heavy atom. The highest BCUT2D eigenvalue weighted by atomic mass is 16.2. The first kappa shape index (κ1) is 18.9. The van der Waals surface area contributed by atoms with Gasteiger partial charge < -0.3 is 15.2 Å². The Hall–Kier alpha value is -2.89. The van der Waals surface area contributed by atoms with Crippen molar-refractivity contribution in [3.8, 4) is 0 Å². The van der Waals surface area contributed by atoms with E-state index in [1.165, 1.54) is 30.5 Å². The van der Waals surface area contributed by atoms with Crippen LogP contribution in [-0.2, 0) is 0 Å². The summed E-state index contributed by atoms with van der Waals surface area (Å²) in [6.45, 7) is 2.48. The van der Waals surface area contributed by atoms with Crippen molar-refractivity contribution in [2.24, 2.45) is 5.92 Å². The van der Waals surface area contributed by atoms with Gasteiger partial charge in [0.15, 0.2) is 0 Å². The molecule has 1 fully saturated rings. The lowest BCUT2D eigenvalue weighted by atomic mass is 10.1. The molecule has 2 aromatic rings. The van der Waals surface area contributed by atoms with Crippen molar-refractivity contribution in [2.45, 2.75) is 32.2 Å². The smallest absolute Gasteiger partial charge is 0.264 e. The molecule has 2 amide bonds. The molecule has 0 saturated heterocycles. The monoisotopic (exact) mass is 367 g/mol. The number of benzene rings is 1. The number of nitrogens with zero attached hydrogens (tertiary/aromatic N) is 1. The van der Waals surface area contributed by atoms with E-state index in [0.717, 1.165) is 17.9 Å². The number of rotatable bonds is 7. The second-order valence-electron chi connectivity index (χ2n) is 7.01. The first-order valence-electron chi connectivity index (χ1n) is 9.32. The number of nitrogens with one attached hydrogen (secondary N) is 2. The molecule has 6 nitrogen and oxygen atoms in total. The molecule has 1 aliphatic rings. The van der Waals surface area contributed by atoms with E-state index in [2.05, 4.69) is 10.6 Å². The lowest BCUT2D eigenvalue weighted by molar-refractivity contribution is 0.0951. The van der Waals surface area contributed by atoms with Gasteiger partial charge in [0.2, 0.25) is 0 Å². The molecule has 3 rings (SSSR count). The van der Waals surface area contributed by atoms with Crippen molar-refractivity contribution in [1.82, 2.24) is 15.2 Å². The van der Waals surface area contributed by atoms with Crippen LogP contribution in [0.25, 0.3) is 0 Å². The van der Waals surface area contributed by atoms with Crippen molar-refractivity contribution in [3.63, 3.8) is 0 Å².